The summed E-state index contributed by atoms with van der Waals surface area (Å²) >= 11 is 0. The van der Waals surface area contributed by atoms with E-state index in [1.165, 1.54) is 82.4 Å². The molecule has 0 saturated heterocycles. The smallest absolute Gasteiger partial charge is 0.0541 e. The van der Waals surface area contributed by atoms with Crippen LogP contribution in [-0.2, 0) is 10.8 Å². The van der Waals surface area contributed by atoms with Crippen molar-refractivity contribution in [1.29, 1.82) is 0 Å². The van der Waals surface area contributed by atoms with Gasteiger partial charge in [0.1, 0.15) is 0 Å². The molecule has 7 aromatic carbocycles. The second-order valence-electron chi connectivity index (χ2n) is 15.1. The average Bonchev–Trinajstić information content (AvgIpc) is 3.40. The van der Waals surface area contributed by atoms with Crippen LogP contribution in [0.3, 0.4) is 0 Å². The quantitative estimate of drug-likeness (QED) is 0.176. The van der Waals surface area contributed by atoms with Crippen molar-refractivity contribution in [3.63, 3.8) is 0 Å². The van der Waals surface area contributed by atoms with Gasteiger partial charge in [-0.2, -0.15) is 0 Å². The van der Waals surface area contributed by atoms with Crippen molar-refractivity contribution >= 4 is 43.4 Å². The maximum Gasteiger partial charge on any atom is 0.0541 e. The molecule has 0 fully saturated rings. The van der Waals surface area contributed by atoms with Gasteiger partial charge in [0.2, 0.25) is 0 Å². The molecule has 0 N–H and O–H groups in total. The Hall–Kier alpha value is -5.14. The first-order valence-corrected chi connectivity index (χ1v) is 16.8. The van der Waals surface area contributed by atoms with Gasteiger partial charge in [-0.15, -0.1) is 0 Å². The molecule has 0 amide bonds. The summed E-state index contributed by atoms with van der Waals surface area (Å²) in [4.78, 5) is 0. The fourth-order valence-electron chi connectivity index (χ4n) is 7.37. The van der Waals surface area contributed by atoms with Crippen molar-refractivity contribution < 1.29 is 0 Å². The van der Waals surface area contributed by atoms with Crippen LogP contribution in [0.25, 0.3) is 71.3 Å². The van der Waals surface area contributed by atoms with E-state index in [2.05, 4.69) is 186 Å². The van der Waals surface area contributed by atoms with Gasteiger partial charge in [-0.25, -0.2) is 0 Å². The molecule has 0 bridgehead atoms. The lowest BCUT2D eigenvalue weighted by molar-refractivity contribution is 0.590. The van der Waals surface area contributed by atoms with Crippen molar-refractivity contribution in [2.24, 2.45) is 0 Å². The van der Waals surface area contributed by atoms with Crippen LogP contribution in [0.1, 0.15) is 52.7 Å². The van der Waals surface area contributed by atoms with Crippen LogP contribution in [0.5, 0.6) is 0 Å². The van der Waals surface area contributed by atoms with Crippen molar-refractivity contribution in [2.75, 3.05) is 0 Å². The zero-order chi connectivity index (χ0) is 32.5. The highest BCUT2D eigenvalue weighted by atomic mass is 15.0. The summed E-state index contributed by atoms with van der Waals surface area (Å²) in [6.07, 6.45) is 0. The molecule has 1 heteroatoms. The summed E-state index contributed by atoms with van der Waals surface area (Å²) in [6, 6.07) is 51.9. The summed E-state index contributed by atoms with van der Waals surface area (Å²) in [5.74, 6) is 0. The van der Waals surface area contributed by atoms with Gasteiger partial charge in [-0.05, 0) is 102 Å². The molecule has 0 aliphatic carbocycles. The first-order valence-electron chi connectivity index (χ1n) is 16.8. The number of nitrogens with zero attached hydrogens (tertiary/aromatic N) is 1. The SMILES string of the molecule is CC(C)(C)c1ccc2c(c1)c1cc(C(C)(C)C)ccc1n2-c1ccc(-c2c3ccccc3c(-c3ccccc3)c3ccccc23)cc1. The number of hydrogen-bond donors (Lipinski definition) is 0. The first-order chi connectivity index (χ1) is 22.6. The lowest BCUT2D eigenvalue weighted by Gasteiger charge is -2.19. The maximum atomic E-state index is 2.45. The van der Waals surface area contributed by atoms with Crippen LogP contribution in [0.2, 0.25) is 0 Å². The van der Waals surface area contributed by atoms with E-state index in [1.54, 1.807) is 0 Å². The summed E-state index contributed by atoms with van der Waals surface area (Å²) < 4.78 is 2.45. The van der Waals surface area contributed by atoms with E-state index in [1.807, 2.05) is 0 Å². The van der Waals surface area contributed by atoms with E-state index in [9.17, 15) is 0 Å². The highest BCUT2D eigenvalue weighted by molar-refractivity contribution is 6.21. The predicted octanol–water partition coefficient (Wildman–Crippen LogP) is 13.0. The van der Waals surface area contributed by atoms with Crippen molar-refractivity contribution in [3.8, 4) is 27.9 Å². The minimum absolute atomic E-state index is 0.0769. The van der Waals surface area contributed by atoms with Gasteiger partial charge in [-0.3, -0.25) is 0 Å². The summed E-state index contributed by atoms with van der Waals surface area (Å²) in [5.41, 5.74) is 11.6. The van der Waals surface area contributed by atoms with Crippen LogP contribution >= 0.6 is 0 Å². The third-order valence-electron chi connectivity index (χ3n) is 9.91. The Kier molecular flexibility index (Phi) is 6.67. The third-order valence-corrected chi connectivity index (χ3v) is 9.91. The van der Waals surface area contributed by atoms with E-state index in [0.29, 0.717) is 0 Å². The minimum Gasteiger partial charge on any atom is -0.309 e. The van der Waals surface area contributed by atoms with E-state index in [0.717, 1.165) is 0 Å². The second kappa shape index (κ2) is 10.7. The molecule has 0 aliphatic heterocycles. The van der Waals surface area contributed by atoms with Crippen LogP contribution in [0.15, 0.2) is 140 Å². The molecule has 1 aromatic heterocycles. The lowest BCUT2D eigenvalue weighted by Crippen LogP contribution is -2.10. The molecular weight excluding hydrogens is 567 g/mol. The number of fused-ring (bicyclic) bond motifs is 5. The monoisotopic (exact) mass is 607 g/mol. The molecule has 0 saturated carbocycles. The van der Waals surface area contributed by atoms with Gasteiger partial charge in [0, 0.05) is 16.5 Å². The average molecular weight is 608 g/mol. The molecule has 0 radical (unpaired) electrons. The number of hydrogen-bond acceptors (Lipinski definition) is 0. The molecule has 8 aromatic rings. The zero-order valence-electron chi connectivity index (χ0n) is 28.2. The molecule has 230 valence electrons. The van der Waals surface area contributed by atoms with Crippen LogP contribution in [0.4, 0.5) is 0 Å². The van der Waals surface area contributed by atoms with Gasteiger partial charge in [0.25, 0.3) is 0 Å². The molecule has 1 nitrogen and oxygen atoms in total. The summed E-state index contributed by atoms with van der Waals surface area (Å²) in [5, 5.41) is 7.75. The van der Waals surface area contributed by atoms with E-state index in [4.69, 9.17) is 0 Å². The minimum atomic E-state index is 0.0769. The Balaban J connectivity index is 1.35. The topological polar surface area (TPSA) is 4.93 Å². The largest absolute Gasteiger partial charge is 0.309 e. The standard InChI is InChI=1S/C46H41N/c1-45(2,3)32-22-26-41-39(28-32)40-29-33(46(4,5)6)23-27-42(40)47(41)34-24-20-31(21-25-34)44-37-18-12-10-16-35(37)43(30-14-8-7-9-15-30)36-17-11-13-19-38(36)44/h7-29H,1-6H3. The van der Waals surface area contributed by atoms with Crippen molar-refractivity contribution in [3.05, 3.63) is 151 Å². The van der Waals surface area contributed by atoms with Gasteiger partial charge in [-0.1, -0.05) is 145 Å². The summed E-state index contributed by atoms with van der Waals surface area (Å²) in [6.45, 7) is 13.8. The van der Waals surface area contributed by atoms with Crippen LogP contribution in [-0.4, -0.2) is 4.57 Å². The van der Waals surface area contributed by atoms with Gasteiger partial charge in [0.15, 0.2) is 0 Å². The number of benzene rings is 7. The van der Waals surface area contributed by atoms with Crippen LogP contribution in [0, 0.1) is 0 Å². The number of aromatic nitrogens is 1. The van der Waals surface area contributed by atoms with Gasteiger partial charge in [0.05, 0.1) is 11.0 Å². The lowest BCUT2D eigenvalue weighted by atomic mass is 9.85. The molecule has 8 rings (SSSR count). The first kappa shape index (κ1) is 29.3. The molecule has 0 atom stereocenters. The normalized spacial score (nSPS) is 12.5. The molecule has 0 spiro atoms. The Labute approximate surface area is 278 Å². The maximum absolute atomic E-state index is 2.45. The Morgan fingerprint density at radius 3 is 1.15 bits per heavy atom. The molecule has 47 heavy (non-hydrogen) atoms. The number of rotatable bonds is 3. The van der Waals surface area contributed by atoms with Crippen LogP contribution < -0.4 is 0 Å². The summed E-state index contributed by atoms with van der Waals surface area (Å²) in [7, 11) is 0. The Bertz CT molecular complexity index is 2320. The van der Waals surface area contributed by atoms with Gasteiger partial charge < -0.3 is 4.57 Å². The van der Waals surface area contributed by atoms with Gasteiger partial charge >= 0.3 is 0 Å². The van der Waals surface area contributed by atoms with E-state index in [-0.39, 0.29) is 10.8 Å². The van der Waals surface area contributed by atoms with Crippen molar-refractivity contribution in [1.82, 2.24) is 4.57 Å². The second-order valence-corrected chi connectivity index (χ2v) is 15.1. The third kappa shape index (κ3) is 4.84. The highest BCUT2D eigenvalue weighted by Gasteiger charge is 2.21. The van der Waals surface area contributed by atoms with E-state index < -0.39 is 0 Å². The zero-order valence-corrected chi connectivity index (χ0v) is 28.2. The fraction of sp³-hybridized carbons (Fsp3) is 0.174. The van der Waals surface area contributed by atoms with Crippen molar-refractivity contribution in [2.45, 2.75) is 52.4 Å². The molecule has 0 unspecified atom stereocenters. The molecular formula is C46H41N. The fourth-order valence-corrected chi connectivity index (χ4v) is 7.37. The van der Waals surface area contributed by atoms with E-state index >= 15 is 0 Å². The highest BCUT2D eigenvalue weighted by Crippen LogP contribution is 2.44. The molecule has 1 heterocycles. The Morgan fingerprint density at radius 1 is 0.362 bits per heavy atom. The Morgan fingerprint density at radius 2 is 0.745 bits per heavy atom. The molecule has 0 aliphatic rings. The predicted molar refractivity (Wildman–Crippen MR) is 204 cm³/mol.